The van der Waals surface area contributed by atoms with E-state index in [0.717, 1.165) is 65.8 Å². The first kappa shape index (κ1) is 21.9. The van der Waals surface area contributed by atoms with Gasteiger partial charge in [-0.3, -0.25) is 4.79 Å². The van der Waals surface area contributed by atoms with Gasteiger partial charge in [0.1, 0.15) is 16.9 Å². The minimum atomic E-state index is 0.0271. The number of aryl methyl sites for hydroxylation is 1. The first-order chi connectivity index (χ1) is 17.5. The van der Waals surface area contributed by atoms with E-state index in [1.54, 1.807) is 7.11 Å². The zero-order valence-corrected chi connectivity index (χ0v) is 20.9. The van der Waals surface area contributed by atoms with Crippen LogP contribution in [0, 0.1) is 11.8 Å². The second-order valence-corrected chi connectivity index (χ2v) is 10.9. The van der Waals surface area contributed by atoms with Gasteiger partial charge >= 0.3 is 0 Å². The molecule has 3 aliphatic heterocycles. The molecule has 4 aliphatic rings. The predicted octanol–water partition coefficient (Wildman–Crippen LogP) is 3.73. The van der Waals surface area contributed by atoms with E-state index in [1.807, 2.05) is 36.3 Å². The summed E-state index contributed by atoms with van der Waals surface area (Å²) in [6.45, 7) is 1.85. The van der Waals surface area contributed by atoms with Crippen molar-refractivity contribution in [1.82, 2.24) is 23.9 Å². The van der Waals surface area contributed by atoms with E-state index in [2.05, 4.69) is 26.3 Å². The van der Waals surface area contributed by atoms with Gasteiger partial charge in [-0.2, -0.15) is 0 Å². The Balaban J connectivity index is 1.34. The molecule has 2 N–H and O–H groups in total. The second kappa shape index (κ2) is 8.10. The number of amides is 1. The van der Waals surface area contributed by atoms with Crippen LogP contribution in [0.2, 0.25) is 6.32 Å². The quantitative estimate of drug-likeness (QED) is 0.438. The molecule has 4 fully saturated rings. The number of hydrogen-bond donors (Lipinski definition) is 1. The molecule has 3 saturated heterocycles. The smallest absolute Gasteiger partial charge is 0.275 e. The summed E-state index contributed by atoms with van der Waals surface area (Å²) in [6, 6.07) is 10.0. The van der Waals surface area contributed by atoms with Crippen LogP contribution in [0.4, 0.5) is 0 Å². The monoisotopic (exact) mass is 482 g/mol. The van der Waals surface area contributed by atoms with Gasteiger partial charge in [0, 0.05) is 43.2 Å². The second-order valence-electron chi connectivity index (χ2n) is 10.9. The van der Waals surface area contributed by atoms with Crippen LogP contribution in [0.25, 0.3) is 33.6 Å². The average molecular weight is 482 g/mol. The Morgan fingerprint density at radius 2 is 2.11 bits per heavy atom. The molecule has 36 heavy (non-hydrogen) atoms. The molecule has 2 atom stereocenters. The van der Waals surface area contributed by atoms with Crippen molar-refractivity contribution >= 4 is 34.8 Å². The molecular formula is C27H31BN6O2. The third-order valence-electron chi connectivity index (χ3n) is 8.51. The lowest BCUT2D eigenvalue weighted by Crippen LogP contribution is -2.63. The number of pyridine rings is 1. The number of nitrogens with zero attached hydrogens (tertiary/aromatic N) is 5. The molecule has 0 radical (unpaired) electrons. The van der Waals surface area contributed by atoms with E-state index >= 15 is 0 Å². The number of carbonyl (C=O) groups is 1. The van der Waals surface area contributed by atoms with Crippen LogP contribution >= 0.6 is 0 Å². The van der Waals surface area contributed by atoms with Gasteiger partial charge in [-0.05, 0) is 61.4 Å². The highest BCUT2D eigenvalue weighted by Gasteiger charge is 2.44. The Kier molecular flexibility index (Phi) is 4.93. The number of benzene rings is 1. The van der Waals surface area contributed by atoms with Crippen LogP contribution in [-0.2, 0) is 13.6 Å². The number of nitrogens with two attached hydrogens (primary N) is 1. The molecule has 9 heteroatoms. The third kappa shape index (κ3) is 3.36. The van der Waals surface area contributed by atoms with Crippen LogP contribution in [-0.4, -0.2) is 56.3 Å². The standard InChI is InChI=1S/C27H31BN6O2/c1-32-24-20(31-26(32)21-12-18-4-3-9-30-25(18)33(21)14-16-5-6-16)11-19(13-22(24)36-2)27(35)34-15-17-7-8-28(34)23(29)10-17/h3-4,9,11-13,16-17,23H,5-8,10,14-15,29H2,1-2H3/t17-,23+/m1/s1. The van der Waals surface area contributed by atoms with Crippen molar-refractivity contribution in [2.45, 2.75) is 44.5 Å². The average Bonchev–Trinajstić information content (AvgIpc) is 3.56. The topological polar surface area (TPSA) is 91.2 Å². The lowest BCUT2D eigenvalue weighted by Gasteiger charge is -2.46. The molecule has 3 aromatic heterocycles. The van der Waals surface area contributed by atoms with E-state index in [9.17, 15) is 4.79 Å². The van der Waals surface area contributed by atoms with Crippen molar-refractivity contribution in [2.24, 2.45) is 24.6 Å². The summed E-state index contributed by atoms with van der Waals surface area (Å²) < 4.78 is 10.2. The van der Waals surface area contributed by atoms with Gasteiger partial charge in [-0.1, -0.05) is 12.7 Å². The highest BCUT2D eigenvalue weighted by atomic mass is 16.5. The van der Waals surface area contributed by atoms with Gasteiger partial charge in [-0.15, -0.1) is 0 Å². The molecule has 1 aliphatic carbocycles. The predicted molar refractivity (Wildman–Crippen MR) is 141 cm³/mol. The molecule has 8 nitrogen and oxygen atoms in total. The van der Waals surface area contributed by atoms with Gasteiger partial charge < -0.3 is 24.4 Å². The first-order valence-corrected chi connectivity index (χ1v) is 13.1. The third-order valence-corrected chi connectivity index (χ3v) is 8.51. The van der Waals surface area contributed by atoms with Gasteiger partial charge in [0.05, 0.1) is 18.3 Å². The Hall–Kier alpha value is -3.33. The van der Waals surface area contributed by atoms with Crippen molar-refractivity contribution < 1.29 is 9.53 Å². The molecule has 0 spiro atoms. The minimum Gasteiger partial charge on any atom is -0.494 e. The summed E-state index contributed by atoms with van der Waals surface area (Å²) in [7, 11) is 3.67. The zero-order chi connectivity index (χ0) is 24.6. The molecule has 4 aromatic rings. The summed E-state index contributed by atoms with van der Waals surface area (Å²) in [5.41, 5.74) is 10.7. The van der Waals surface area contributed by atoms with E-state index < -0.39 is 0 Å². The van der Waals surface area contributed by atoms with Crippen molar-refractivity contribution in [1.29, 1.82) is 0 Å². The minimum absolute atomic E-state index is 0.0271. The molecule has 1 aromatic carbocycles. The lowest BCUT2D eigenvalue weighted by atomic mass is 9.41. The SMILES string of the molecule is COc1cc(C(=O)N2C[C@@H]3CCB2[C@@H](N)C3)cc2nc(-c3cc4cccnc4n3CC3CC3)n(C)c12. The Labute approximate surface area is 210 Å². The van der Waals surface area contributed by atoms with Crippen molar-refractivity contribution in [3.05, 3.63) is 42.1 Å². The number of carbonyl (C=O) groups excluding carboxylic acids is 1. The highest BCUT2D eigenvalue weighted by Crippen LogP contribution is 2.38. The number of aromatic nitrogens is 4. The summed E-state index contributed by atoms with van der Waals surface area (Å²) >= 11 is 0. The fourth-order valence-electron chi connectivity index (χ4n) is 6.48. The normalized spacial score (nSPS) is 21.6. The molecule has 184 valence electrons. The number of imidazole rings is 1. The lowest BCUT2D eigenvalue weighted by molar-refractivity contribution is 0.0802. The Morgan fingerprint density at radius 3 is 2.86 bits per heavy atom. The highest BCUT2D eigenvalue weighted by molar-refractivity contribution is 6.61. The van der Waals surface area contributed by atoms with Crippen molar-refractivity contribution in [2.75, 3.05) is 13.7 Å². The fraction of sp³-hybridized carbons (Fsp3) is 0.444. The van der Waals surface area contributed by atoms with Crippen molar-refractivity contribution in [3.63, 3.8) is 0 Å². The molecular weight excluding hydrogens is 451 g/mol. The maximum absolute atomic E-state index is 13.7. The van der Waals surface area contributed by atoms with Gasteiger partial charge in [-0.25, -0.2) is 9.97 Å². The Bertz CT molecular complexity index is 1510. The Morgan fingerprint density at radius 1 is 1.25 bits per heavy atom. The molecule has 6 heterocycles. The van der Waals surface area contributed by atoms with Gasteiger partial charge in [0.15, 0.2) is 5.82 Å². The summed E-state index contributed by atoms with van der Waals surface area (Å²) in [4.78, 5) is 25.4. The van der Waals surface area contributed by atoms with Crippen LogP contribution in [0.5, 0.6) is 5.75 Å². The van der Waals surface area contributed by atoms with E-state index in [4.69, 9.17) is 15.5 Å². The zero-order valence-electron chi connectivity index (χ0n) is 20.9. The number of hydrogen-bond acceptors (Lipinski definition) is 5. The molecule has 1 saturated carbocycles. The molecule has 1 amide bonds. The fourth-order valence-corrected chi connectivity index (χ4v) is 6.48. The van der Waals surface area contributed by atoms with E-state index in [-0.39, 0.29) is 18.7 Å². The van der Waals surface area contributed by atoms with E-state index in [0.29, 0.717) is 23.1 Å². The van der Waals surface area contributed by atoms with Gasteiger partial charge in [0.25, 0.3) is 6.85 Å². The molecule has 8 rings (SSSR count). The number of ether oxygens (including phenoxy) is 1. The number of fused-ring (bicyclic) bond motifs is 5. The van der Waals surface area contributed by atoms with Gasteiger partial charge in [0.2, 0.25) is 5.91 Å². The number of rotatable bonds is 5. The summed E-state index contributed by atoms with van der Waals surface area (Å²) in [6.07, 6.45) is 7.54. The largest absolute Gasteiger partial charge is 0.494 e. The summed E-state index contributed by atoms with van der Waals surface area (Å²) in [5.74, 6) is 2.80. The summed E-state index contributed by atoms with van der Waals surface area (Å²) in [5, 5.41) is 1.11. The molecule has 0 unspecified atom stereocenters. The van der Waals surface area contributed by atoms with Crippen LogP contribution in [0.1, 0.15) is 36.0 Å². The van der Waals surface area contributed by atoms with Crippen molar-refractivity contribution in [3.8, 4) is 17.3 Å². The van der Waals surface area contributed by atoms with Crippen LogP contribution in [0.3, 0.4) is 0 Å². The maximum Gasteiger partial charge on any atom is 0.275 e. The van der Waals surface area contributed by atoms with Crippen LogP contribution < -0.4 is 10.5 Å². The number of methoxy groups -OCH3 is 1. The van der Waals surface area contributed by atoms with Crippen LogP contribution in [0.15, 0.2) is 36.5 Å². The first-order valence-electron chi connectivity index (χ1n) is 13.1. The van der Waals surface area contributed by atoms with E-state index in [1.165, 1.54) is 12.8 Å². The molecule has 2 bridgehead atoms. The maximum atomic E-state index is 13.7.